The van der Waals surface area contributed by atoms with Crippen LogP contribution in [0.1, 0.15) is 33.3 Å². The molecule has 136 valence electrons. The molecule has 5 heteroatoms. The van der Waals surface area contributed by atoms with Crippen molar-refractivity contribution < 1.29 is 4.79 Å². The van der Waals surface area contributed by atoms with Gasteiger partial charge in [-0.2, -0.15) is 0 Å². The first-order chi connectivity index (χ1) is 11.0. The van der Waals surface area contributed by atoms with E-state index in [1.807, 2.05) is 4.90 Å². The van der Waals surface area contributed by atoms with Crippen LogP contribution >= 0.6 is 12.4 Å². The van der Waals surface area contributed by atoms with Crippen LogP contribution in [0.3, 0.4) is 0 Å². The lowest BCUT2D eigenvalue weighted by Gasteiger charge is -2.30. The van der Waals surface area contributed by atoms with Crippen molar-refractivity contribution in [3.63, 3.8) is 0 Å². The smallest absolute Gasteiger partial charge is 0.242 e. The lowest BCUT2D eigenvalue weighted by molar-refractivity contribution is -0.130. The second-order valence-corrected chi connectivity index (χ2v) is 7.31. The van der Waals surface area contributed by atoms with Crippen LogP contribution < -0.4 is 10.2 Å². The van der Waals surface area contributed by atoms with Crippen LogP contribution in [-0.2, 0) is 11.3 Å². The van der Waals surface area contributed by atoms with Gasteiger partial charge in [-0.25, -0.2) is 0 Å². The molecule has 2 rings (SSSR count). The number of rotatable bonds is 6. The Morgan fingerprint density at radius 2 is 1.79 bits per heavy atom. The summed E-state index contributed by atoms with van der Waals surface area (Å²) < 4.78 is 0. The van der Waals surface area contributed by atoms with Crippen molar-refractivity contribution in [2.75, 3.05) is 37.6 Å². The minimum Gasteiger partial charge on any atom is -0.361 e. The maximum absolute atomic E-state index is 12.9. The maximum atomic E-state index is 12.9. The molecule has 1 N–H and O–H groups in total. The van der Waals surface area contributed by atoms with E-state index in [9.17, 15) is 4.79 Å². The van der Waals surface area contributed by atoms with Crippen molar-refractivity contribution in [3.05, 3.63) is 29.8 Å². The van der Waals surface area contributed by atoms with Gasteiger partial charge in [-0.1, -0.05) is 45.9 Å². The third-order valence-corrected chi connectivity index (χ3v) is 4.06. The third-order valence-electron chi connectivity index (χ3n) is 4.06. The van der Waals surface area contributed by atoms with Gasteiger partial charge < -0.3 is 15.1 Å². The van der Waals surface area contributed by atoms with Crippen LogP contribution in [0.2, 0.25) is 0 Å². The van der Waals surface area contributed by atoms with E-state index in [1.165, 1.54) is 11.3 Å². The van der Waals surface area contributed by atoms with Crippen LogP contribution in [0.15, 0.2) is 24.3 Å². The molecule has 0 atom stereocenters. The molecule has 1 amide bonds. The van der Waals surface area contributed by atoms with Crippen molar-refractivity contribution >= 4 is 24.0 Å². The number of hydrogen-bond acceptors (Lipinski definition) is 3. The SMILES string of the molecule is CC(C)CN(CC(C)C)C(=O)CN1CCNCc2ccccc21.Cl. The van der Waals surface area contributed by atoms with Gasteiger partial charge in [0.2, 0.25) is 5.91 Å². The molecule has 0 saturated carbocycles. The number of carbonyl (C=O) groups is 1. The molecule has 24 heavy (non-hydrogen) atoms. The van der Waals surface area contributed by atoms with Crippen molar-refractivity contribution in [3.8, 4) is 0 Å². The molecular formula is C19H32ClN3O. The number of fused-ring (bicyclic) bond motifs is 1. The van der Waals surface area contributed by atoms with Crippen LogP contribution in [-0.4, -0.2) is 43.5 Å². The van der Waals surface area contributed by atoms with Crippen molar-refractivity contribution in [1.82, 2.24) is 10.2 Å². The molecular weight excluding hydrogens is 322 g/mol. The summed E-state index contributed by atoms with van der Waals surface area (Å²) in [5.74, 6) is 1.23. The Labute approximate surface area is 153 Å². The Morgan fingerprint density at radius 1 is 1.17 bits per heavy atom. The standard InChI is InChI=1S/C19H31N3O.ClH/c1-15(2)12-22(13-16(3)4)19(23)14-21-10-9-20-11-17-7-5-6-8-18(17)21;/h5-8,15-16,20H,9-14H2,1-4H3;1H. The van der Waals surface area contributed by atoms with Crippen LogP contribution in [0.25, 0.3) is 0 Å². The van der Waals surface area contributed by atoms with Gasteiger partial charge in [-0.3, -0.25) is 4.79 Å². The fourth-order valence-electron chi connectivity index (χ4n) is 3.11. The first-order valence-electron chi connectivity index (χ1n) is 8.78. The molecule has 1 heterocycles. The molecule has 0 saturated heterocycles. The van der Waals surface area contributed by atoms with E-state index in [0.717, 1.165) is 32.7 Å². The minimum absolute atomic E-state index is 0. The second kappa shape index (κ2) is 9.90. The van der Waals surface area contributed by atoms with Gasteiger partial charge in [0.05, 0.1) is 6.54 Å². The minimum atomic E-state index is 0. The van der Waals surface area contributed by atoms with E-state index in [0.29, 0.717) is 18.4 Å². The fraction of sp³-hybridized carbons (Fsp3) is 0.632. The average Bonchev–Trinajstić information content (AvgIpc) is 2.68. The number of nitrogens with zero attached hydrogens (tertiary/aromatic N) is 2. The lowest BCUT2D eigenvalue weighted by atomic mass is 10.1. The summed E-state index contributed by atoms with van der Waals surface area (Å²) in [6, 6.07) is 8.40. The Hall–Kier alpha value is -1.26. The van der Waals surface area contributed by atoms with E-state index < -0.39 is 0 Å². The highest BCUT2D eigenvalue weighted by atomic mass is 35.5. The van der Waals surface area contributed by atoms with Gasteiger partial charge in [-0.15, -0.1) is 12.4 Å². The lowest BCUT2D eigenvalue weighted by Crippen LogP contribution is -2.44. The molecule has 4 nitrogen and oxygen atoms in total. The normalized spacial score (nSPS) is 14.2. The molecule has 0 aromatic heterocycles. The maximum Gasteiger partial charge on any atom is 0.242 e. The van der Waals surface area contributed by atoms with Crippen LogP contribution in [0.5, 0.6) is 0 Å². The Bertz CT molecular complexity index is 509. The topological polar surface area (TPSA) is 35.6 Å². The van der Waals surface area contributed by atoms with Gasteiger partial charge in [0.25, 0.3) is 0 Å². The summed E-state index contributed by atoms with van der Waals surface area (Å²) in [5, 5.41) is 3.43. The zero-order valence-corrected chi connectivity index (χ0v) is 16.2. The Balaban J connectivity index is 0.00000288. The average molecular weight is 354 g/mol. The first-order valence-corrected chi connectivity index (χ1v) is 8.78. The second-order valence-electron chi connectivity index (χ2n) is 7.31. The van der Waals surface area contributed by atoms with E-state index in [4.69, 9.17) is 0 Å². The summed E-state index contributed by atoms with van der Waals surface area (Å²) in [5.41, 5.74) is 2.47. The molecule has 1 aliphatic heterocycles. The molecule has 1 aromatic carbocycles. The quantitative estimate of drug-likeness (QED) is 0.853. The van der Waals surface area contributed by atoms with Crippen molar-refractivity contribution in [2.45, 2.75) is 34.2 Å². The number of para-hydroxylation sites is 1. The summed E-state index contributed by atoms with van der Waals surface area (Å²) >= 11 is 0. The van der Waals surface area contributed by atoms with Crippen LogP contribution in [0.4, 0.5) is 5.69 Å². The van der Waals surface area contributed by atoms with Gasteiger partial charge in [0.1, 0.15) is 0 Å². The Kier molecular flexibility index (Phi) is 8.57. The summed E-state index contributed by atoms with van der Waals surface area (Å²) in [6.07, 6.45) is 0. The van der Waals surface area contributed by atoms with Gasteiger partial charge in [-0.05, 0) is 23.5 Å². The van der Waals surface area contributed by atoms with Gasteiger partial charge >= 0.3 is 0 Å². The summed E-state index contributed by atoms with van der Waals surface area (Å²) in [7, 11) is 0. The van der Waals surface area contributed by atoms with Gasteiger partial charge in [0, 0.05) is 38.4 Å². The largest absolute Gasteiger partial charge is 0.361 e. The molecule has 0 bridgehead atoms. The number of nitrogens with one attached hydrogen (secondary N) is 1. The van der Waals surface area contributed by atoms with Crippen molar-refractivity contribution in [1.29, 1.82) is 0 Å². The predicted molar refractivity (Wildman–Crippen MR) is 104 cm³/mol. The zero-order chi connectivity index (χ0) is 16.8. The molecule has 0 fully saturated rings. The van der Waals surface area contributed by atoms with E-state index in [2.05, 4.69) is 62.2 Å². The number of benzene rings is 1. The predicted octanol–water partition coefficient (Wildman–Crippen LogP) is 3.16. The third kappa shape index (κ3) is 5.99. The van der Waals surface area contributed by atoms with Crippen LogP contribution in [0, 0.1) is 11.8 Å². The summed E-state index contributed by atoms with van der Waals surface area (Å²) in [4.78, 5) is 17.1. The van der Waals surface area contributed by atoms with E-state index >= 15 is 0 Å². The molecule has 0 radical (unpaired) electrons. The monoisotopic (exact) mass is 353 g/mol. The number of carbonyl (C=O) groups excluding carboxylic acids is 1. The number of halogens is 1. The number of amides is 1. The molecule has 1 aliphatic rings. The highest BCUT2D eigenvalue weighted by Crippen LogP contribution is 2.22. The Morgan fingerprint density at radius 3 is 2.42 bits per heavy atom. The van der Waals surface area contributed by atoms with E-state index in [-0.39, 0.29) is 18.3 Å². The molecule has 1 aromatic rings. The van der Waals surface area contributed by atoms with E-state index in [1.54, 1.807) is 0 Å². The fourth-order valence-corrected chi connectivity index (χ4v) is 3.11. The van der Waals surface area contributed by atoms with Gasteiger partial charge in [0.15, 0.2) is 0 Å². The molecule has 0 spiro atoms. The molecule has 0 aliphatic carbocycles. The molecule has 0 unspecified atom stereocenters. The zero-order valence-electron chi connectivity index (χ0n) is 15.4. The number of anilines is 1. The number of hydrogen-bond donors (Lipinski definition) is 1. The first kappa shape index (κ1) is 20.8. The highest BCUT2D eigenvalue weighted by Gasteiger charge is 2.21. The summed E-state index contributed by atoms with van der Waals surface area (Å²) in [6.45, 7) is 13.5. The van der Waals surface area contributed by atoms with Crippen molar-refractivity contribution in [2.24, 2.45) is 11.8 Å². The highest BCUT2D eigenvalue weighted by molar-refractivity contribution is 5.85.